The number of nitrogens with zero attached hydrogens (tertiary/aromatic N) is 3. The molecule has 1 aromatic heterocycles. The summed E-state index contributed by atoms with van der Waals surface area (Å²) < 4.78 is 2.06. The molecule has 0 aliphatic heterocycles. The predicted molar refractivity (Wildman–Crippen MR) is 98.1 cm³/mol. The summed E-state index contributed by atoms with van der Waals surface area (Å²) in [5.41, 5.74) is 7.37. The van der Waals surface area contributed by atoms with Gasteiger partial charge in [0, 0.05) is 17.2 Å². The molecule has 0 fully saturated rings. The van der Waals surface area contributed by atoms with Crippen molar-refractivity contribution >= 4 is 0 Å². The molecule has 0 amide bonds. The third-order valence-corrected chi connectivity index (χ3v) is 5.35. The molecular weight excluding hydrogens is 294 g/mol. The monoisotopic (exact) mass is 317 g/mol. The lowest BCUT2D eigenvalue weighted by atomic mass is 9.77. The van der Waals surface area contributed by atoms with Crippen LogP contribution in [-0.2, 0) is 0 Å². The van der Waals surface area contributed by atoms with Crippen molar-refractivity contribution in [2.75, 3.05) is 0 Å². The van der Waals surface area contributed by atoms with Crippen LogP contribution in [-0.4, -0.2) is 15.0 Å². The van der Waals surface area contributed by atoms with Gasteiger partial charge in [0.2, 0.25) is 0 Å². The average Bonchev–Trinajstić information content (AvgIpc) is 3.04. The van der Waals surface area contributed by atoms with Crippen LogP contribution in [0, 0.1) is 0 Å². The number of rotatable bonds is 1. The number of aromatic nitrogens is 3. The summed E-state index contributed by atoms with van der Waals surface area (Å²) in [7, 11) is 0. The zero-order chi connectivity index (χ0) is 16.8. The molecule has 1 aliphatic rings. The van der Waals surface area contributed by atoms with E-state index in [-0.39, 0.29) is 6.04 Å². The van der Waals surface area contributed by atoms with Gasteiger partial charge in [-0.25, -0.2) is 4.68 Å². The van der Waals surface area contributed by atoms with E-state index >= 15 is 0 Å². The fraction of sp³-hybridized carbons (Fsp3) is 0.333. The Morgan fingerprint density at radius 1 is 0.833 bits per heavy atom. The molecule has 0 spiro atoms. The first-order valence-electron chi connectivity index (χ1n) is 8.73. The predicted octanol–water partition coefficient (Wildman–Crippen LogP) is 5.41. The van der Waals surface area contributed by atoms with E-state index in [0.717, 1.165) is 11.4 Å². The number of benzene rings is 2. The Morgan fingerprint density at radius 2 is 1.38 bits per heavy atom. The second-order valence-corrected chi connectivity index (χ2v) is 7.08. The normalized spacial score (nSPS) is 19.2. The van der Waals surface area contributed by atoms with Crippen molar-refractivity contribution in [3.8, 4) is 22.5 Å². The number of hydrogen-bond acceptors (Lipinski definition) is 2. The lowest BCUT2D eigenvalue weighted by molar-refractivity contribution is 0.518. The molecule has 122 valence electrons. The van der Waals surface area contributed by atoms with Crippen LogP contribution in [0.15, 0.2) is 48.5 Å². The third kappa shape index (κ3) is 2.11. The highest BCUT2D eigenvalue weighted by molar-refractivity contribution is 5.83. The van der Waals surface area contributed by atoms with Crippen molar-refractivity contribution in [3.05, 3.63) is 59.7 Å². The van der Waals surface area contributed by atoms with Crippen LogP contribution in [0.25, 0.3) is 22.5 Å². The highest BCUT2D eigenvalue weighted by Gasteiger charge is 2.30. The summed E-state index contributed by atoms with van der Waals surface area (Å²) >= 11 is 0. The smallest absolute Gasteiger partial charge is 0.121 e. The number of fused-ring (bicyclic) bond motifs is 5. The highest BCUT2D eigenvalue weighted by Crippen LogP contribution is 2.46. The topological polar surface area (TPSA) is 30.7 Å². The van der Waals surface area contributed by atoms with Crippen molar-refractivity contribution in [3.63, 3.8) is 0 Å². The van der Waals surface area contributed by atoms with Crippen LogP contribution in [0.1, 0.15) is 56.7 Å². The third-order valence-electron chi connectivity index (χ3n) is 5.35. The lowest BCUT2D eigenvalue weighted by Gasteiger charge is -2.28. The maximum absolute atomic E-state index is 4.59. The fourth-order valence-electron chi connectivity index (χ4n) is 3.85. The van der Waals surface area contributed by atoms with Crippen LogP contribution in [0.4, 0.5) is 0 Å². The average molecular weight is 317 g/mol. The minimum absolute atomic E-state index is 0.272. The van der Waals surface area contributed by atoms with Crippen LogP contribution < -0.4 is 0 Å². The minimum atomic E-state index is 0.272. The quantitative estimate of drug-likeness (QED) is 0.600. The lowest BCUT2D eigenvalue weighted by Crippen LogP contribution is -2.12. The first-order valence-corrected chi connectivity index (χ1v) is 8.73. The van der Waals surface area contributed by atoms with Crippen LogP contribution in [0.3, 0.4) is 0 Å². The molecule has 1 aliphatic carbocycles. The van der Waals surface area contributed by atoms with E-state index in [4.69, 9.17) is 0 Å². The van der Waals surface area contributed by atoms with Gasteiger partial charge in [0.1, 0.15) is 5.69 Å². The first kappa shape index (κ1) is 15.1. The fourth-order valence-corrected chi connectivity index (χ4v) is 3.85. The van der Waals surface area contributed by atoms with Gasteiger partial charge in [0.05, 0.1) is 5.69 Å². The molecule has 0 bridgehead atoms. The largest absolute Gasteiger partial charge is 0.242 e. The summed E-state index contributed by atoms with van der Waals surface area (Å²) in [6, 6.07) is 17.6. The van der Waals surface area contributed by atoms with Crippen LogP contribution in [0.5, 0.6) is 0 Å². The van der Waals surface area contributed by atoms with Crippen molar-refractivity contribution in [1.29, 1.82) is 0 Å². The molecule has 1 heterocycles. The van der Waals surface area contributed by atoms with Gasteiger partial charge in [-0.3, -0.25) is 0 Å². The van der Waals surface area contributed by atoms with Gasteiger partial charge in [-0.1, -0.05) is 67.6 Å². The Labute approximate surface area is 143 Å². The van der Waals surface area contributed by atoms with Crippen molar-refractivity contribution in [2.24, 2.45) is 0 Å². The van der Waals surface area contributed by atoms with E-state index in [0.29, 0.717) is 11.8 Å². The standard InChI is InChI=1S/C21H23N3/c1-13(2)24-21-19-12-8-6-10-17(19)15(4)14(3)16-9-5-7-11-18(16)20(21)22-23-24/h5-15H,1-4H3. The molecule has 2 aromatic carbocycles. The second kappa shape index (κ2) is 5.59. The van der Waals surface area contributed by atoms with E-state index < -0.39 is 0 Å². The van der Waals surface area contributed by atoms with Gasteiger partial charge in [0.15, 0.2) is 0 Å². The molecule has 2 unspecified atom stereocenters. The van der Waals surface area contributed by atoms with E-state index in [1.165, 1.54) is 22.3 Å². The molecule has 4 rings (SSSR count). The Balaban J connectivity index is 2.13. The van der Waals surface area contributed by atoms with Crippen LogP contribution >= 0.6 is 0 Å². The van der Waals surface area contributed by atoms with E-state index in [2.05, 4.69) is 91.2 Å². The molecule has 0 saturated carbocycles. The zero-order valence-electron chi connectivity index (χ0n) is 14.7. The molecule has 0 saturated heterocycles. The zero-order valence-corrected chi connectivity index (χ0v) is 14.7. The van der Waals surface area contributed by atoms with E-state index in [1.54, 1.807) is 0 Å². The summed E-state index contributed by atoms with van der Waals surface area (Å²) in [6.07, 6.45) is 0. The highest BCUT2D eigenvalue weighted by atomic mass is 15.4. The summed E-state index contributed by atoms with van der Waals surface area (Å²) in [5, 5.41) is 9.09. The SMILES string of the molecule is CC1c2ccccc2-c2nnn(C(C)C)c2-c2ccccc2C1C. The molecule has 3 nitrogen and oxygen atoms in total. The van der Waals surface area contributed by atoms with Gasteiger partial charge >= 0.3 is 0 Å². The maximum Gasteiger partial charge on any atom is 0.121 e. The van der Waals surface area contributed by atoms with Gasteiger partial charge in [0.25, 0.3) is 0 Å². The van der Waals surface area contributed by atoms with Gasteiger partial charge in [-0.2, -0.15) is 0 Å². The Kier molecular flexibility index (Phi) is 3.52. The van der Waals surface area contributed by atoms with Gasteiger partial charge < -0.3 is 0 Å². The van der Waals surface area contributed by atoms with E-state index in [9.17, 15) is 0 Å². The van der Waals surface area contributed by atoms with Gasteiger partial charge in [-0.05, 0) is 36.8 Å². The van der Waals surface area contributed by atoms with Crippen LogP contribution in [0.2, 0.25) is 0 Å². The van der Waals surface area contributed by atoms with Crippen molar-refractivity contribution in [1.82, 2.24) is 15.0 Å². The maximum atomic E-state index is 4.59. The minimum Gasteiger partial charge on any atom is -0.242 e. The Morgan fingerprint density at radius 3 is 2.00 bits per heavy atom. The van der Waals surface area contributed by atoms with Gasteiger partial charge in [-0.15, -0.1) is 5.10 Å². The summed E-state index contributed by atoms with van der Waals surface area (Å²) in [5.74, 6) is 0.866. The molecule has 3 aromatic rings. The molecule has 24 heavy (non-hydrogen) atoms. The number of hydrogen-bond donors (Lipinski definition) is 0. The summed E-state index contributed by atoms with van der Waals surface area (Å²) in [4.78, 5) is 0. The van der Waals surface area contributed by atoms with E-state index in [1.807, 2.05) is 0 Å². The molecule has 2 atom stereocenters. The van der Waals surface area contributed by atoms with Crippen molar-refractivity contribution in [2.45, 2.75) is 45.6 Å². The first-order chi connectivity index (χ1) is 11.6. The molecule has 0 N–H and O–H groups in total. The summed E-state index contributed by atoms with van der Waals surface area (Å²) in [6.45, 7) is 8.97. The van der Waals surface area contributed by atoms with Crippen molar-refractivity contribution < 1.29 is 0 Å². The second-order valence-electron chi connectivity index (χ2n) is 7.08. The Hall–Kier alpha value is -2.42. The molecule has 3 heteroatoms. The molecule has 0 radical (unpaired) electrons. The Bertz CT molecular complexity index is 892. The molecular formula is C21H23N3.